The Hall–Kier alpha value is -2.57. The average Bonchev–Trinajstić information content (AvgIpc) is 2.94. The maximum Gasteiger partial charge on any atom is 0.276 e. The first-order chi connectivity index (χ1) is 10.1. The number of carbonyl (C=O) groups is 1. The fourth-order valence-electron chi connectivity index (χ4n) is 2.47. The zero-order valence-corrected chi connectivity index (χ0v) is 11.8. The van der Waals surface area contributed by atoms with E-state index in [0.717, 1.165) is 18.8 Å². The summed E-state index contributed by atoms with van der Waals surface area (Å²) in [6, 6.07) is 3.56. The van der Waals surface area contributed by atoms with Crippen LogP contribution in [0, 0.1) is 6.92 Å². The maximum absolute atomic E-state index is 12.3. The number of rotatable bonds is 2. The molecule has 2 aromatic rings. The van der Waals surface area contributed by atoms with Crippen LogP contribution in [-0.4, -0.2) is 47.1 Å². The topological polar surface area (TPSA) is 88.5 Å². The van der Waals surface area contributed by atoms with Gasteiger partial charge in [-0.3, -0.25) is 9.78 Å². The summed E-state index contributed by atoms with van der Waals surface area (Å²) in [5.41, 5.74) is 7.92. The van der Waals surface area contributed by atoms with Gasteiger partial charge >= 0.3 is 0 Å². The summed E-state index contributed by atoms with van der Waals surface area (Å²) >= 11 is 0. The number of hydrogen-bond acceptors (Lipinski definition) is 6. The number of hydrogen-bond donors (Lipinski definition) is 1. The minimum Gasteiger partial charge on any atom is -0.396 e. The van der Waals surface area contributed by atoms with Crippen molar-refractivity contribution in [1.29, 1.82) is 0 Å². The zero-order valence-electron chi connectivity index (χ0n) is 11.8. The summed E-state index contributed by atoms with van der Waals surface area (Å²) < 4.78 is 4.95. The van der Waals surface area contributed by atoms with Gasteiger partial charge in [-0.1, -0.05) is 5.16 Å². The van der Waals surface area contributed by atoms with Gasteiger partial charge in [0.1, 0.15) is 5.76 Å². The van der Waals surface area contributed by atoms with Crippen molar-refractivity contribution in [3.05, 3.63) is 36.0 Å². The van der Waals surface area contributed by atoms with E-state index in [1.54, 1.807) is 30.3 Å². The Labute approximate surface area is 122 Å². The van der Waals surface area contributed by atoms with Crippen molar-refractivity contribution in [2.45, 2.75) is 6.92 Å². The minimum absolute atomic E-state index is 0.0887. The van der Waals surface area contributed by atoms with Crippen molar-refractivity contribution in [3.63, 3.8) is 0 Å². The summed E-state index contributed by atoms with van der Waals surface area (Å²) in [4.78, 5) is 20.2. The van der Waals surface area contributed by atoms with E-state index in [1.165, 1.54) is 0 Å². The highest BCUT2D eigenvalue weighted by Crippen LogP contribution is 2.22. The quantitative estimate of drug-likeness (QED) is 0.883. The van der Waals surface area contributed by atoms with Crippen LogP contribution in [0.3, 0.4) is 0 Å². The molecule has 0 aliphatic carbocycles. The first kappa shape index (κ1) is 13.4. The molecular formula is C14H17N5O2. The van der Waals surface area contributed by atoms with E-state index in [9.17, 15) is 4.79 Å². The summed E-state index contributed by atoms with van der Waals surface area (Å²) in [5, 5.41) is 3.77. The highest BCUT2D eigenvalue weighted by atomic mass is 16.5. The van der Waals surface area contributed by atoms with Crippen LogP contribution in [0.4, 0.5) is 11.4 Å². The molecule has 2 N–H and O–H groups in total. The number of aromatic nitrogens is 2. The summed E-state index contributed by atoms with van der Waals surface area (Å²) in [6.45, 7) is 4.50. The molecule has 110 valence electrons. The van der Waals surface area contributed by atoms with E-state index in [1.807, 2.05) is 6.07 Å². The Kier molecular flexibility index (Phi) is 3.47. The monoisotopic (exact) mass is 287 g/mol. The lowest BCUT2D eigenvalue weighted by Gasteiger charge is -2.36. The van der Waals surface area contributed by atoms with E-state index in [0.29, 0.717) is 30.2 Å². The fraction of sp³-hybridized carbons (Fsp3) is 0.357. The van der Waals surface area contributed by atoms with E-state index < -0.39 is 0 Å². The van der Waals surface area contributed by atoms with Gasteiger partial charge in [0.05, 0.1) is 17.6 Å². The molecule has 1 aliphatic rings. The highest BCUT2D eigenvalue weighted by molar-refractivity contribution is 5.92. The maximum atomic E-state index is 12.3. The van der Waals surface area contributed by atoms with Gasteiger partial charge in [0, 0.05) is 38.4 Å². The van der Waals surface area contributed by atoms with Gasteiger partial charge in [0.2, 0.25) is 0 Å². The van der Waals surface area contributed by atoms with Gasteiger partial charge in [0.15, 0.2) is 5.69 Å². The zero-order chi connectivity index (χ0) is 14.8. The van der Waals surface area contributed by atoms with Crippen molar-refractivity contribution >= 4 is 17.3 Å². The second-order valence-corrected chi connectivity index (χ2v) is 5.04. The molecule has 0 unspecified atom stereocenters. The first-order valence-corrected chi connectivity index (χ1v) is 6.82. The highest BCUT2D eigenvalue weighted by Gasteiger charge is 2.24. The van der Waals surface area contributed by atoms with Crippen LogP contribution in [0.2, 0.25) is 0 Å². The Bertz CT molecular complexity index is 646. The lowest BCUT2D eigenvalue weighted by Crippen LogP contribution is -2.49. The number of nitrogens with zero attached hydrogens (tertiary/aromatic N) is 4. The SMILES string of the molecule is Cc1cc(C(=O)N2CCN(c3ccncc3N)CC2)no1. The predicted molar refractivity (Wildman–Crippen MR) is 78.0 cm³/mol. The molecule has 0 saturated carbocycles. The number of nitrogen functional groups attached to an aromatic ring is 1. The number of anilines is 2. The molecule has 3 heterocycles. The lowest BCUT2D eigenvalue weighted by atomic mass is 10.2. The normalized spacial score (nSPS) is 15.3. The number of amides is 1. The fourth-order valence-corrected chi connectivity index (χ4v) is 2.47. The molecule has 0 bridgehead atoms. The van der Waals surface area contributed by atoms with E-state index >= 15 is 0 Å². The summed E-state index contributed by atoms with van der Waals surface area (Å²) in [5.74, 6) is 0.552. The van der Waals surface area contributed by atoms with Gasteiger partial charge < -0.3 is 20.1 Å². The third-order valence-corrected chi connectivity index (χ3v) is 3.58. The minimum atomic E-state index is -0.0887. The van der Waals surface area contributed by atoms with Crippen LogP contribution in [0.25, 0.3) is 0 Å². The number of aryl methyl sites for hydroxylation is 1. The molecule has 1 amide bonds. The van der Waals surface area contributed by atoms with Gasteiger partial charge in [0.25, 0.3) is 5.91 Å². The van der Waals surface area contributed by atoms with Crippen LogP contribution in [-0.2, 0) is 0 Å². The lowest BCUT2D eigenvalue weighted by molar-refractivity contribution is 0.0736. The molecule has 2 aromatic heterocycles. The van der Waals surface area contributed by atoms with Crippen molar-refractivity contribution in [2.75, 3.05) is 36.8 Å². The average molecular weight is 287 g/mol. The molecule has 1 aliphatic heterocycles. The van der Waals surface area contributed by atoms with Crippen LogP contribution >= 0.6 is 0 Å². The third kappa shape index (κ3) is 2.67. The standard InChI is InChI=1S/C14H17N5O2/c1-10-8-12(17-21-10)14(20)19-6-4-18(5-7-19)13-2-3-16-9-11(13)15/h2-3,8-9H,4-7,15H2,1H3. The van der Waals surface area contributed by atoms with Gasteiger partial charge in [-0.2, -0.15) is 0 Å². The molecular weight excluding hydrogens is 270 g/mol. The van der Waals surface area contributed by atoms with Crippen molar-refractivity contribution in [3.8, 4) is 0 Å². The molecule has 7 heteroatoms. The van der Waals surface area contributed by atoms with Gasteiger partial charge in [-0.05, 0) is 13.0 Å². The van der Waals surface area contributed by atoms with Crippen LogP contribution in [0.1, 0.15) is 16.2 Å². The molecule has 7 nitrogen and oxygen atoms in total. The first-order valence-electron chi connectivity index (χ1n) is 6.82. The van der Waals surface area contributed by atoms with Crippen LogP contribution < -0.4 is 10.6 Å². The number of pyridine rings is 1. The Morgan fingerprint density at radius 3 is 2.71 bits per heavy atom. The molecule has 0 atom stereocenters. The molecule has 1 saturated heterocycles. The molecule has 0 spiro atoms. The predicted octanol–water partition coefficient (Wildman–Crippen LogP) is 0.923. The van der Waals surface area contributed by atoms with Gasteiger partial charge in [-0.15, -0.1) is 0 Å². The van der Waals surface area contributed by atoms with Crippen molar-refractivity contribution in [1.82, 2.24) is 15.0 Å². The van der Waals surface area contributed by atoms with E-state index in [2.05, 4.69) is 15.0 Å². The van der Waals surface area contributed by atoms with Crippen LogP contribution in [0.15, 0.2) is 29.0 Å². The van der Waals surface area contributed by atoms with Crippen molar-refractivity contribution in [2.24, 2.45) is 0 Å². The molecule has 3 rings (SSSR count). The smallest absolute Gasteiger partial charge is 0.276 e. The molecule has 0 radical (unpaired) electrons. The number of piperazine rings is 1. The summed E-state index contributed by atoms with van der Waals surface area (Å²) in [7, 11) is 0. The molecule has 21 heavy (non-hydrogen) atoms. The summed E-state index contributed by atoms with van der Waals surface area (Å²) in [6.07, 6.45) is 3.37. The Morgan fingerprint density at radius 1 is 1.33 bits per heavy atom. The van der Waals surface area contributed by atoms with E-state index in [4.69, 9.17) is 10.3 Å². The Morgan fingerprint density at radius 2 is 2.10 bits per heavy atom. The molecule has 1 fully saturated rings. The van der Waals surface area contributed by atoms with E-state index in [-0.39, 0.29) is 5.91 Å². The molecule has 0 aromatic carbocycles. The number of carbonyl (C=O) groups excluding carboxylic acids is 1. The second kappa shape index (κ2) is 5.43. The largest absolute Gasteiger partial charge is 0.396 e. The second-order valence-electron chi connectivity index (χ2n) is 5.04. The van der Waals surface area contributed by atoms with Crippen LogP contribution in [0.5, 0.6) is 0 Å². The van der Waals surface area contributed by atoms with Gasteiger partial charge in [-0.25, -0.2) is 0 Å². The van der Waals surface area contributed by atoms with Crippen molar-refractivity contribution < 1.29 is 9.32 Å². The Balaban J connectivity index is 1.65. The number of nitrogens with two attached hydrogens (primary N) is 1. The third-order valence-electron chi connectivity index (χ3n) is 3.58.